The van der Waals surface area contributed by atoms with Gasteiger partial charge in [-0.1, -0.05) is 18.2 Å². The number of carbonyl (C=O) groups excluding carboxylic acids is 1. The van der Waals surface area contributed by atoms with Gasteiger partial charge in [0.15, 0.2) is 0 Å². The van der Waals surface area contributed by atoms with Gasteiger partial charge in [0.2, 0.25) is 5.91 Å². The number of hydrogen-bond donors (Lipinski definition) is 1. The summed E-state index contributed by atoms with van der Waals surface area (Å²) < 4.78 is 0. The van der Waals surface area contributed by atoms with E-state index in [1.807, 2.05) is 19.9 Å². The molecule has 0 fully saturated rings. The highest BCUT2D eigenvalue weighted by molar-refractivity contribution is 5.97. The molecule has 0 saturated heterocycles. The van der Waals surface area contributed by atoms with Crippen LogP contribution < -0.4 is 0 Å². The molecule has 0 spiro atoms. The molecule has 1 amide bonds. The van der Waals surface area contributed by atoms with Crippen molar-refractivity contribution in [3.8, 4) is 5.75 Å². The topological polar surface area (TPSA) is 40.5 Å². The first-order chi connectivity index (χ1) is 8.10. The number of phenolic OH excluding ortho intramolecular Hbond substituents is 1. The summed E-state index contributed by atoms with van der Waals surface area (Å²) in [7, 11) is 0. The number of para-hydroxylation sites is 1. The summed E-state index contributed by atoms with van der Waals surface area (Å²) in [5, 5.41) is 9.62. The highest BCUT2D eigenvalue weighted by atomic mass is 16.3. The van der Waals surface area contributed by atoms with E-state index in [-0.39, 0.29) is 11.7 Å². The van der Waals surface area contributed by atoms with E-state index in [9.17, 15) is 9.90 Å². The molecule has 1 aromatic rings. The number of amides is 1. The molecule has 3 nitrogen and oxygen atoms in total. The Morgan fingerprint density at radius 3 is 2.41 bits per heavy atom. The highest BCUT2D eigenvalue weighted by Gasteiger charge is 2.11. The van der Waals surface area contributed by atoms with Crippen LogP contribution in [0.15, 0.2) is 29.8 Å². The maximum Gasteiger partial charge on any atom is 0.249 e. The number of phenols is 1. The smallest absolute Gasteiger partial charge is 0.249 e. The first-order valence-electron chi connectivity index (χ1n) is 5.85. The number of aromatic hydroxyl groups is 1. The SMILES string of the molecule is CCN(CC)C(=O)/C(C)=C\c1ccccc1O. The number of rotatable bonds is 4. The van der Waals surface area contributed by atoms with Gasteiger partial charge >= 0.3 is 0 Å². The van der Waals surface area contributed by atoms with Gasteiger partial charge in [-0.3, -0.25) is 4.79 Å². The van der Waals surface area contributed by atoms with Gasteiger partial charge in [0.25, 0.3) is 0 Å². The van der Waals surface area contributed by atoms with Crippen LogP contribution >= 0.6 is 0 Å². The first-order valence-corrected chi connectivity index (χ1v) is 5.85. The average molecular weight is 233 g/mol. The van der Waals surface area contributed by atoms with Crippen LogP contribution in [0.25, 0.3) is 6.08 Å². The van der Waals surface area contributed by atoms with Gasteiger partial charge in [0.05, 0.1) is 0 Å². The first kappa shape index (κ1) is 13.3. The van der Waals surface area contributed by atoms with Crippen molar-refractivity contribution in [1.29, 1.82) is 0 Å². The lowest BCUT2D eigenvalue weighted by Crippen LogP contribution is -2.30. The Morgan fingerprint density at radius 2 is 1.88 bits per heavy atom. The quantitative estimate of drug-likeness (QED) is 0.812. The van der Waals surface area contributed by atoms with Gasteiger partial charge in [-0.2, -0.15) is 0 Å². The third kappa shape index (κ3) is 3.34. The van der Waals surface area contributed by atoms with E-state index < -0.39 is 0 Å². The second-order valence-electron chi connectivity index (χ2n) is 3.86. The number of nitrogens with zero attached hydrogens (tertiary/aromatic N) is 1. The predicted octanol–water partition coefficient (Wildman–Crippen LogP) is 2.66. The van der Waals surface area contributed by atoms with Crippen LogP contribution in [0.4, 0.5) is 0 Å². The number of likely N-dealkylation sites (N-methyl/N-ethyl adjacent to an activating group) is 1. The summed E-state index contributed by atoms with van der Waals surface area (Å²) in [6, 6.07) is 6.99. The van der Waals surface area contributed by atoms with Gasteiger partial charge in [-0.15, -0.1) is 0 Å². The number of benzene rings is 1. The van der Waals surface area contributed by atoms with Crippen molar-refractivity contribution < 1.29 is 9.90 Å². The Kier molecular flexibility index (Phi) is 4.76. The van der Waals surface area contributed by atoms with Gasteiger partial charge in [0.1, 0.15) is 5.75 Å². The standard InChI is InChI=1S/C14H19NO2/c1-4-15(5-2)14(17)11(3)10-12-8-6-7-9-13(12)16/h6-10,16H,4-5H2,1-3H3/b11-10-. The Bertz CT molecular complexity index is 420. The van der Waals surface area contributed by atoms with E-state index in [2.05, 4.69) is 0 Å². The Hall–Kier alpha value is -1.77. The van der Waals surface area contributed by atoms with Gasteiger partial charge in [-0.25, -0.2) is 0 Å². The summed E-state index contributed by atoms with van der Waals surface area (Å²) in [6.45, 7) is 7.07. The molecule has 17 heavy (non-hydrogen) atoms. The molecular weight excluding hydrogens is 214 g/mol. The van der Waals surface area contributed by atoms with Crippen LogP contribution in [-0.4, -0.2) is 29.0 Å². The Morgan fingerprint density at radius 1 is 1.29 bits per heavy atom. The molecule has 0 heterocycles. The van der Waals surface area contributed by atoms with Gasteiger partial charge in [-0.05, 0) is 32.9 Å². The van der Waals surface area contributed by atoms with E-state index in [1.165, 1.54) is 0 Å². The van der Waals surface area contributed by atoms with Crippen LogP contribution in [0.3, 0.4) is 0 Å². The molecule has 0 atom stereocenters. The lowest BCUT2D eigenvalue weighted by atomic mass is 10.1. The molecule has 1 N–H and O–H groups in total. The minimum absolute atomic E-state index is 0.0123. The van der Waals surface area contributed by atoms with Crippen LogP contribution in [0.2, 0.25) is 0 Å². The van der Waals surface area contributed by atoms with E-state index in [0.29, 0.717) is 24.2 Å². The number of carbonyl (C=O) groups is 1. The molecule has 3 heteroatoms. The molecule has 0 bridgehead atoms. The zero-order valence-electron chi connectivity index (χ0n) is 10.6. The Balaban J connectivity index is 2.93. The zero-order valence-corrected chi connectivity index (χ0v) is 10.6. The second kappa shape index (κ2) is 6.09. The summed E-state index contributed by atoms with van der Waals surface area (Å²) >= 11 is 0. The summed E-state index contributed by atoms with van der Waals surface area (Å²) in [5.41, 5.74) is 1.31. The van der Waals surface area contributed by atoms with Crippen LogP contribution in [0.1, 0.15) is 26.3 Å². The van der Waals surface area contributed by atoms with Crippen LogP contribution in [-0.2, 0) is 4.79 Å². The Labute approximate surface area is 102 Å². The predicted molar refractivity (Wildman–Crippen MR) is 69.7 cm³/mol. The molecule has 1 aromatic carbocycles. The molecule has 1 rings (SSSR count). The van der Waals surface area contributed by atoms with Crippen LogP contribution in [0, 0.1) is 0 Å². The molecule has 0 aromatic heterocycles. The van der Waals surface area contributed by atoms with Crippen molar-refractivity contribution in [3.63, 3.8) is 0 Å². The van der Waals surface area contributed by atoms with E-state index in [4.69, 9.17) is 0 Å². The molecule has 0 saturated carbocycles. The van der Waals surface area contributed by atoms with Crippen molar-refractivity contribution in [2.75, 3.05) is 13.1 Å². The summed E-state index contributed by atoms with van der Waals surface area (Å²) in [4.78, 5) is 13.8. The fourth-order valence-electron chi connectivity index (χ4n) is 1.66. The van der Waals surface area contributed by atoms with Crippen LogP contribution in [0.5, 0.6) is 5.75 Å². The molecule has 0 aliphatic rings. The fourth-order valence-corrected chi connectivity index (χ4v) is 1.66. The van der Waals surface area contributed by atoms with Gasteiger partial charge < -0.3 is 10.0 Å². The average Bonchev–Trinajstić information content (AvgIpc) is 2.33. The molecule has 0 aliphatic carbocycles. The summed E-state index contributed by atoms with van der Waals surface area (Å²) in [5.74, 6) is 0.206. The molecule has 0 radical (unpaired) electrons. The van der Waals surface area contributed by atoms with E-state index in [0.717, 1.165) is 0 Å². The minimum atomic E-state index is 0.0123. The third-order valence-corrected chi connectivity index (χ3v) is 2.70. The number of hydrogen-bond acceptors (Lipinski definition) is 2. The lowest BCUT2D eigenvalue weighted by Gasteiger charge is -2.18. The van der Waals surface area contributed by atoms with E-state index in [1.54, 1.807) is 36.1 Å². The molecule has 92 valence electrons. The van der Waals surface area contributed by atoms with E-state index >= 15 is 0 Å². The zero-order chi connectivity index (χ0) is 12.8. The van der Waals surface area contributed by atoms with Crippen molar-refractivity contribution in [2.45, 2.75) is 20.8 Å². The second-order valence-corrected chi connectivity index (χ2v) is 3.86. The summed E-state index contributed by atoms with van der Waals surface area (Å²) in [6.07, 6.45) is 1.72. The third-order valence-electron chi connectivity index (χ3n) is 2.70. The molecular formula is C14H19NO2. The van der Waals surface area contributed by atoms with Gasteiger partial charge in [0, 0.05) is 24.2 Å². The van der Waals surface area contributed by atoms with Crippen molar-refractivity contribution in [2.24, 2.45) is 0 Å². The fraction of sp³-hybridized carbons (Fsp3) is 0.357. The lowest BCUT2D eigenvalue weighted by molar-refractivity contribution is -0.126. The normalized spacial score (nSPS) is 11.4. The molecule has 0 unspecified atom stereocenters. The maximum atomic E-state index is 12.0. The van der Waals surface area contributed by atoms with Crippen molar-refractivity contribution in [3.05, 3.63) is 35.4 Å². The minimum Gasteiger partial charge on any atom is -0.507 e. The van der Waals surface area contributed by atoms with Crippen molar-refractivity contribution in [1.82, 2.24) is 4.90 Å². The monoisotopic (exact) mass is 233 g/mol. The molecule has 0 aliphatic heterocycles. The van der Waals surface area contributed by atoms with Crippen molar-refractivity contribution >= 4 is 12.0 Å². The maximum absolute atomic E-state index is 12.0. The highest BCUT2D eigenvalue weighted by Crippen LogP contribution is 2.19. The largest absolute Gasteiger partial charge is 0.507 e.